The van der Waals surface area contributed by atoms with Gasteiger partial charge in [-0.05, 0) is 63.0 Å². The minimum atomic E-state index is -3.21. The Kier molecular flexibility index (Phi) is 10.5. The first-order valence-corrected chi connectivity index (χ1v) is 12.6. The van der Waals surface area contributed by atoms with Crippen LogP contribution in [0.25, 0.3) is 0 Å². The van der Waals surface area contributed by atoms with Crippen LogP contribution < -0.4 is 4.74 Å². The minimum Gasteiger partial charge on any atom is -0.507 e. The molecule has 0 radical (unpaired) electrons. The average molecular weight is 481 g/mol. The van der Waals surface area contributed by atoms with Crippen LogP contribution in [-0.4, -0.2) is 51.0 Å². The third kappa shape index (κ3) is 7.64. The molecular weight excluding hydrogens is 448 g/mol. The van der Waals surface area contributed by atoms with E-state index in [0.29, 0.717) is 34.5 Å². The van der Waals surface area contributed by atoms with E-state index < -0.39 is 15.8 Å². The SMILES string of the molecule is CCCOc1ccc(O)c(C(=O)O)c1.CCOCCCCCCOC1=C2C=CC(=C1)S2(=O)=O. The number of carboxylic acids is 1. The van der Waals surface area contributed by atoms with Gasteiger partial charge in [0.1, 0.15) is 27.7 Å². The normalized spacial score (nSPS) is 15.2. The van der Waals surface area contributed by atoms with Gasteiger partial charge in [-0.2, -0.15) is 0 Å². The van der Waals surface area contributed by atoms with Crippen molar-refractivity contribution in [3.8, 4) is 11.5 Å². The highest BCUT2D eigenvalue weighted by Crippen LogP contribution is 2.37. The fourth-order valence-corrected chi connectivity index (χ4v) is 4.49. The van der Waals surface area contributed by atoms with Gasteiger partial charge < -0.3 is 24.4 Å². The standard InChI is InChI=1S/C14H20O4S.C10H12O4/c1-2-17-9-5-3-4-6-10-18-13-11-12-7-8-14(13)19(12,15)16;1-2-5-14-7-3-4-9(11)8(6-7)10(12)13/h7-8,11H,2-6,9-10H2,1H3;3-4,6,11H,2,5H2,1H3,(H,12,13). The van der Waals surface area contributed by atoms with E-state index in [1.807, 2.05) is 13.8 Å². The van der Waals surface area contributed by atoms with Crippen molar-refractivity contribution in [1.29, 1.82) is 0 Å². The van der Waals surface area contributed by atoms with Crippen molar-refractivity contribution in [2.45, 2.75) is 46.0 Å². The lowest BCUT2D eigenvalue weighted by Gasteiger charge is -2.07. The van der Waals surface area contributed by atoms with Crippen LogP contribution in [0.4, 0.5) is 0 Å². The highest BCUT2D eigenvalue weighted by Gasteiger charge is 2.34. The lowest BCUT2D eigenvalue weighted by atomic mass is 10.2. The van der Waals surface area contributed by atoms with Crippen LogP contribution in [0.3, 0.4) is 0 Å². The second kappa shape index (κ2) is 13.1. The Morgan fingerprint density at radius 1 is 0.970 bits per heavy atom. The van der Waals surface area contributed by atoms with Gasteiger partial charge in [0.15, 0.2) is 0 Å². The van der Waals surface area contributed by atoms with Crippen molar-refractivity contribution in [2.24, 2.45) is 0 Å². The van der Waals surface area contributed by atoms with Gasteiger partial charge in [-0.15, -0.1) is 0 Å². The van der Waals surface area contributed by atoms with Crippen molar-refractivity contribution in [2.75, 3.05) is 26.4 Å². The number of phenols is 1. The van der Waals surface area contributed by atoms with Crippen LogP contribution >= 0.6 is 0 Å². The van der Waals surface area contributed by atoms with E-state index in [1.54, 1.807) is 18.2 Å². The summed E-state index contributed by atoms with van der Waals surface area (Å²) >= 11 is 0. The zero-order chi connectivity index (χ0) is 24.3. The fraction of sp³-hybridized carbons (Fsp3) is 0.458. The zero-order valence-electron chi connectivity index (χ0n) is 19.1. The van der Waals surface area contributed by atoms with E-state index in [9.17, 15) is 18.3 Å². The number of aromatic carboxylic acids is 1. The molecule has 2 N–H and O–H groups in total. The van der Waals surface area contributed by atoms with Crippen LogP contribution in [0.1, 0.15) is 56.3 Å². The molecular formula is C24H32O8S. The number of carbonyl (C=O) groups is 1. The Bertz CT molecular complexity index is 1010. The predicted molar refractivity (Wildman–Crippen MR) is 125 cm³/mol. The van der Waals surface area contributed by atoms with Gasteiger partial charge >= 0.3 is 5.97 Å². The van der Waals surface area contributed by atoms with E-state index in [4.69, 9.17) is 19.3 Å². The number of ether oxygens (including phenoxy) is 3. The predicted octanol–water partition coefficient (Wildman–Crippen LogP) is 4.57. The maximum absolute atomic E-state index is 11.7. The number of aromatic hydroxyl groups is 1. The lowest BCUT2D eigenvalue weighted by molar-refractivity contribution is 0.0693. The second-order valence-corrected chi connectivity index (χ2v) is 9.32. The molecule has 0 atom stereocenters. The van der Waals surface area contributed by atoms with Crippen molar-refractivity contribution >= 4 is 15.8 Å². The molecule has 0 saturated heterocycles. The van der Waals surface area contributed by atoms with Gasteiger partial charge in [0, 0.05) is 19.3 Å². The summed E-state index contributed by atoms with van der Waals surface area (Å²) in [5.41, 5.74) is -0.140. The van der Waals surface area contributed by atoms with Crippen LogP contribution in [0.15, 0.2) is 52.0 Å². The smallest absolute Gasteiger partial charge is 0.339 e. The molecule has 0 spiro atoms. The third-order valence-electron chi connectivity index (χ3n) is 4.83. The molecule has 0 saturated carbocycles. The third-order valence-corrected chi connectivity index (χ3v) is 6.62. The molecule has 2 heterocycles. The van der Waals surface area contributed by atoms with Gasteiger partial charge in [-0.1, -0.05) is 13.3 Å². The molecule has 2 aliphatic rings. The number of sulfone groups is 1. The first-order chi connectivity index (χ1) is 15.8. The van der Waals surface area contributed by atoms with E-state index in [0.717, 1.165) is 45.3 Å². The zero-order valence-corrected chi connectivity index (χ0v) is 19.9. The summed E-state index contributed by atoms with van der Waals surface area (Å²) in [4.78, 5) is 11.3. The molecule has 9 heteroatoms. The van der Waals surface area contributed by atoms with Crippen LogP contribution in [-0.2, 0) is 19.3 Å². The molecule has 1 aromatic carbocycles. The number of unbranched alkanes of at least 4 members (excludes halogenated alkanes) is 3. The van der Waals surface area contributed by atoms with E-state index in [2.05, 4.69) is 0 Å². The van der Waals surface area contributed by atoms with Gasteiger partial charge in [0.25, 0.3) is 0 Å². The Morgan fingerprint density at radius 3 is 2.27 bits per heavy atom. The quantitative estimate of drug-likeness (QED) is 0.394. The van der Waals surface area contributed by atoms with Gasteiger partial charge in [0.05, 0.1) is 18.1 Å². The molecule has 33 heavy (non-hydrogen) atoms. The number of carboxylic acid groups (broad SMARTS) is 1. The van der Waals surface area contributed by atoms with Crippen LogP contribution in [0.2, 0.25) is 0 Å². The summed E-state index contributed by atoms with van der Waals surface area (Å²) in [7, 11) is -3.21. The first kappa shape index (κ1) is 26.5. The summed E-state index contributed by atoms with van der Waals surface area (Å²) in [5.74, 6) is -0.445. The second-order valence-electron chi connectivity index (χ2n) is 7.40. The molecule has 0 amide bonds. The summed E-state index contributed by atoms with van der Waals surface area (Å²) in [5, 5.41) is 17.9. The van der Waals surface area contributed by atoms with E-state index in [-0.39, 0.29) is 11.3 Å². The Morgan fingerprint density at radius 2 is 1.70 bits per heavy atom. The molecule has 0 aromatic heterocycles. The molecule has 2 bridgehead atoms. The molecule has 182 valence electrons. The van der Waals surface area contributed by atoms with E-state index >= 15 is 0 Å². The number of allylic oxidation sites excluding steroid dienone is 3. The molecule has 0 aliphatic carbocycles. The highest BCUT2D eigenvalue weighted by molar-refractivity contribution is 8.00. The van der Waals surface area contributed by atoms with Crippen molar-refractivity contribution < 1.29 is 37.6 Å². The topological polar surface area (TPSA) is 119 Å². The van der Waals surface area contributed by atoms with E-state index in [1.165, 1.54) is 18.2 Å². The summed E-state index contributed by atoms with van der Waals surface area (Å²) in [6.07, 6.45) is 9.90. The molecule has 8 nitrogen and oxygen atoms in total. The van der Waals surface area contributed by atoms with Crippen molar-refractivity contribution in [1.82, 2.24) is 0 Å². The minimum absolute atomic E-state index is 0.140. The Balaban J connectivity index is 0.000000245. The Labute approximate surface area is 195 Å². The molecule has 1 aromatic rings. The number of hydrogen-bond acceptors (Lipinski definition) is 7. The maximum atomic E-state index is 11.7. The molecule has 3 rings (SSSR count). The molecule has 2 aliphatic heterocycles. The monoisotopic (exact) mass is 480 g/mol. The molecule has 0 fully saturated rings. The first-order valence-electron chi connectivity index (χ1n) is 11.1. The summed E-state index contributed by atoms with van der Waals surface area (Å²) in [6, 6.07) is 4.17. The number of rotatable bonds is 13. The maximum Gasteiger partial charge on any atom is 0.339 e. The fourth-order valence-electron chi connectivity index (χ4n) is 3.10. The van der Waals surface area contributed by atoms with Gasteiger partial charge in [-0.25, -0.2) is 13.2 Å². The summed E-state index contributed by atoms with van der Waals surface area (Å²) < 4.78 is 39.5. The average Bonchev–Trinajstić information content (AvgIpc) is 3.21. The van der Waals surface area contributed by atoms with Gasteiger partial charge in [-0.3, -0.25) is 0 Å². The van der Waals surface area contributed by atoms with Crippen LogP contribution in [0, 0.1) is 0 Å². The van der Waals surface area contributed by atoms with Crippen LogP contribution in [0.5, 0.6) is 11.5 Å². The largest absolute Gasteiger partial charge is 0.507 e. The lowest BCUT2D eigenvalue weighted by Crippen LogP contribution is -1.99. The van der Waals surface area contributed by atoms with Crippen molar-refractivity contribution in [3.63, 3.8) is 0 Å². The Hall–Kier alpha value is -2.78. The number of hydrogen-bond donors (Lipinski definition) is 2. The van der Waals surface area contributed by atoms with Gasteiger partial charge in [0.2, 0.25) is 9.84 Å². The van der Waals surface area contributed by atoms with Crippen molar-refractivity contribution in [3.05, 3.63) is 57.6 Å². The highest BCUT2D eigenvalue weighted by atomic mass is 32.2. The molecule has 0 unspecified atom stereocenters. The number of fused-ring (bicyclic) bond motifs is 2. The number of benzene rings is 1. The summed E-state index contributed by atoms with van der Waals surface area (Å²) in [6.45, 7) is 6.65.